The van der Waals surface area contributed by atoms with Crippen molar-refractivity contribution >= 4 is 27.5 Å². The second-order valence-electron chi connectivity index (χ2n) is 4.81. The van der Waals surface area contributed by atoms with E-state index in [9.17, 15) is 0 Å². The van der Waals surface area contributed by atoms with Crippen LogP contribution in [0, 0.1) is 0 Å². The molecular formula is C17H18BrCl. The molecule has 100 valence electrons. The van der Waals surface area contributed by atoms with Crippen molar-refractivity contribution < 1.29 is 0 Å². The first-order chi connectivity index (χ1) is 9.24. The van der Waals surface area contributed by atoms with Gasteiger partial charge in [0.15, 0.2) is 0 Å². The summed E-state index contributed by atoms with van der Waals surface area (Å²) in [6.45, 7) is 0. The fourth-order valence-electron chi connectivity index (χ4n) is 2.19. The summed E-state index contributed by atoms with van der Waals surface area (Å²) < 4.78 is 1.12. The maximum absolute atomic E-state index is 6.42. The molecule has 1 unspecified atom stereocenters. The van der Waals surface area contributed by atoms with Gasteiger partial charge in [0, 0.05) is 9.85 Å². The first-order valence-corrected chi connectivity index (χ1v) is 7.89. The van der Waals surface area contributed by atoms with E-state index in [0.717, 1.165) is 30.2 Å². The molecule has 2 rings (SSSR count). The quantitative estimate of drug-likeness (QED) is 0.600. The largest absolute Gasteiger partial charge is 0.123 e. The molecule has 0 amide bonds. The molecule has 0 N–H and O–H groups in total. The lowest BCUT2D eigenvalue weighted by Crippen LogP contribution is -2.04. The Balaban J connectivity index is 1.74. The van der Waals surface area contributed by atoms with Gasteiger partial charge in [0.1, 0.15) is 0 Å². The third-order valence-electron chi connectivity index (χ3n) is 3.17. The molecule has 0 aromatic heterocycles. The van der Waals surface area contributed by atoms with Gasteiger partial charge in [-0.3, -0.25) is 0 Å². The Morgan fingerprint density at radius 2 is 1.68 bits per heavy atom. The molecule has 0 saturated carbocycles. The molecule has 0 aliphatic carbocycles. The summed E-state index contributed by atoms with van der Waals surface area (Å²) in [4.78, 5) is 0. The Labute approximate surface area is 128 Å². The van der Waals surface area contributed by atoms with Crippen LogP contribution in [0.15, 0.2) is 59.1 Å². The molecule has 0 nitrogen and oxygen atoms in total. The second-order valence-corrected chi connectivity index (χ2v) is 6.34. The molecule has 0 radical (unpaired) electrons. The zero-order valence-electron chi connectivity index (χ0n) is 10.9. The van der Waals surface area contributed by atoms with Crippen molar-refractivity contribution in [1.29, 1.82) is 0 Å². The van der Waals surface area contributed by atoms with Crippen molar-refractivity contribution in [2.45, 2.75) is 31.1 Å². The average Bonchev–Trinajstić information content (AvgIpc) is 2.40. The highest BCUT2D eigenvalue weighted by Crippen LogP contribution is 2.18. The van der Waals surface area contributed by atoms with E-state index in [1.807, 2.05) is 6.07 Å². The zero-order valence-corrected chi connectivity index (χ0v) is 13.2. The molecule has 0 fully saturated rings. The number of benzene rings is 2. The highest BCUT2D eigenvalue weighted by Gasteiger charge is 2.06. The van der Waals surface area contributed by atoms with Crippen LogP contribution in [0.25, 0.3) is 0 Å². The van der Waals surface area contributed by atoms with Gasteiger partial charge < -0.3 is 0 Å². The van der Waals surface area contributed by atoms with Crippen LogP contribution in [-0.4, -0.2) is 5.38 Å². The maximum atomic E-state index is 6.42. The summed E-state index contributed by atoms with van der Waals surface area (Å²) in [7, 11) is 0. The Bertz CT molecular complexity index is 496. The molecule has 0 bridgehead atoms. The van der Waals surface area contributed by atoms with Crippen molar-refractivity contribution in [2.75, 3.05) is 0 Å². The fourth-order valence-corrected chi connectivity index (χ4v) is 2.97. The molecule has 0 aliphatic heterocycles. The van der Waals surface area contributed by atoms with Crippen LogP contribution in [0.1, 0.15) is 24.0 Å². The summed E-state index contributed by atoms with van der Waals surface area (Å²) in [6, 6.07) is 19.0. The van der Waals surface area contributed by atoms with E-state index < -0.39 is 0 Å². The van der Waals surface area contributed by atoms with Gasteiger partial charge >= 0.3 is 0 Å². The molecule has 19 heavy (non-hydrogen) atoms. The summed E-state index contributed by atoms with van der Waals surface area (Å²) in [5.41, 5.74) is 2.70. The molecule has 1 atom stereocenters. The summed E-state index contributed by atoms with van der Waals surface area (Å²) in [6.07, 6.45) is 4.26. The number of alkyl halides is 1. The minimum atomic E-state index is 0.220. The second kappa shape index (κ2) is 7.72. The molecule has 0 spiro atoms. The number of halogens is 2. The standard InChI is InChI=1S/C17H18BrCl/c18-16-10-4-9-15(12-16)13-17(19)11-5-8-14-6-2-1-3-7-14/h1-4,6-7,9-10,12,17H,5,8,11,13H2. The van der Waals surface area contributed by atoms with Gasteiger partial charge in [-0.05, 0) is 48.9 Å². The number of hydrogen-bond acceptors (Lipinski definition) is 0. The predicted octanol–water partition coefficient (Wildman–Crippen LogP) is 5.62. The van der Waals surface area contributed by atoms with Gasteiger partial charge in [-0.2, -0.15) is 0 Å². The van der Waals surface area contributed by atoms with Crippen LogP contribution in [0.3, 0.4) is 0 Å². The van der Waals surface area contributed by atoms with Crippen LogP contribution in [-0.2, 0) is 12.8 Å². The smallest absolute Gasteiger partial charge is 0.0376 e. The number of aryl methyl sites for hydroxylation is 1. The summed E-state index contributed by atoms with van der Waals surface area (Å²) in [5.74, 6) is 0. The Morgan fingerprint density at radius 3 is 2.42 bits per heavy atom. The van der Waals surface area contributed by atoms with E-state index in [1.54, 1.807) is 0 Å². The van der Waals surface area contributed by atoms with Crippen molar-refractivity contribution in [3.05, 3.63) is 70.2 Å². The van der Waals surface area contributed by atoms with Crippen LogP contribution in [0.4, 0.5) is 0 Å². The Kier molecular flexibility index (Phi) is 5.93. The molecule has 2 heteroatoms. The third-order valence-corrected chi connectivity index (χ3v) is 4.04. The minimum Gasteiger partial charge on any atom is -0.123 e. The fraction of sp³-hybridized carbons (Fsp3) is 0.294. The first kappa shape index (κ1) is 14.6. The lowest BCUT2D eigenvalue weighted by molar-refractivity contribution is 0.686. The molecule has 2 aromatic carbocycles. The lowest BCUT2D eigenvalue weighted by atomic mass is 10.0. The monoisotopic (exact) mass is 336 g/mol. The van der Waals surface area contributed by atoms with Crippen LogP contribution < -0.4 is 0 Å². The highest BCUT2D eigenvalue weighted by molar-refractivity contribution is 9.10. The van der Waals surface area contributed by atoms with Gasteiger partial charge in [0.05, 0.1) is 0 Å². The topological polar surface area (TPSA) is 0 Å². The third kappa shape index (κ3) is 5.38. The van der Waals surface area contributed by atoms with Crippen molar-refractivity contribution in [1.82, 2.24) is 0 Å². The molecule has 0 heterocycles. The minimum absolute atomic E-state index is 0.220. The lowest BCUT2D eigenvalue weighted by Gasteiger charge is -2.10. The van der Waals surface area contributed by atoms with Crippen molar-refractivity contribution in [2.24, 2.45) is 0 Å². The Hall–Kier alpha value is -0.790. The van der Waals surface area contributed by atoms with Gasteiger partial charge in [-0.15, -0.1) is 11.6 Å². The highest BCUT2D eigenvalue weighted by atomic mass is 79.9. The van der Waals surface area contributed by atoms with Crippen molar-refractivity contribution in [3.63, 3.8) is 0 Å². The predicted molar refractivity (Wildman–Crippen MR) is 86.9 cm³/mol. The number of rotatable bonds is 6. The molecule has 2 aromatic rings. The van der Waals surface area contributed by atoms with Gasteiger partial charge in [0.25, 0.3) is 0 Å². The van der Waals surface area contributed by atoms with Gasteiger partial charge in [0.2, 0.25) is 0 Å². The van der Waals surface area contributed by atoms with E-state index in [0.29, 0.717) is 0 Å². The van der Waals surface area contributed by atoms with Gasteiger partial charge in [-0.25, -0.2) is 0 Å². The van der Waals surface area contributed by atoms with Crippen LogP contribution in [0.2, 0.25) is 0 Å². The maximum Gasteiger partial charge on any atom is 0.0376 e. The molecule has 0 aliphatic rings. The van der Waals surface area contributed by atoms with E-state index >= 15 is 0 Å². The van der Waals surface area contributed by atoms with E-state index in [1.165, 1.54) is 11.1 Å². The first-order valence-electron chi connectivity index (χ1n) is 6.66. The van der Waals surface area contributed by atoms with E-state index in [2.05, 4.69) is 64.5 Å². The van der Waals surface area contributed by atoms with Crippen molar-refractivity contribution in [3.8, 4) is 0 Å². The normalized spacial score (nSPS) is 12.3. The Morgan fingerprint density at radius 1 is 0.947 bits per heavy atom. The zero-order chi connectivity index (χ0) is 13.5. The summed E-state index contributed by atoms with van der Waals surface area (Å²) in [5, 5.41) is 0.220. The molecule has 0 saturated heterocycles. The van der Waals surface area contributed by atoms with Gasteiger partial charge in [-0.1, -0.05) is 58.4 Å². The van der Waals surface area contributed by atoms with E-state index in [-0.39, 0.29) is 5.38 Å². The van der Waals surface area contributed by atoms with E-state index in [4.69, 9.17) is 11.6 Å². The van der Waals surface area contributed by atoms with Crippen LogP contribution >= 0.6 is 27.5 Å². The SMILES string of the molecule is ClC(CCCc1ccccc1)Cc1cccc(Br)c1. The molecular weight excluding hydrogens is 320 g/mol. The van der Waals surface area contributed by atoms with Crippen LogP contribution in [0.5, 0.6) is 0 Å². The number of hydrogen-bond donors (Lipinski definition) is 0. The summed E-state index contributed by atoms with van der Waals surface area (Å²) >= 11 is 9.91. The average molecular weight is 338 g/mol.